The normalized spacial score (nSPS) is 12.6. The van der Waals surface area contributed by atoms with Gasteiger partial charge in [0.15, 0.2) is 23.5 Å². The molecule has 0 amide bonds. The number of halogens is 4. The van der Waals surface area contributed by atoms with Crippen molar-refractivity contribution in [2.75, 3.05) is 13.6 Å². The average Bonchev–Trinajstić information content (AvgIpc) is 3.40. The SMILES string of the molecule is CN(CC(=N)/C(=C\N)OC(F)(F)F)/N=C\c1c(C=O)n(C)c2nc(Cc3n[nH]cc3F)sc12. The van der Waals surface area contributed by atoms with Crippen molar-refractivity contribution in [3.63, 3.8) is 0 Å². The van der Waals surface area contributed by atoms with Gasteiger partial charge in [0.1, 0.15) is 10.7 Å². The number of hydrogen-bond donors (Lipinski definition) is 3. The molecule has 3 heterocycles. The molecular weight excluding hydrogens is 468 g/mol. The van der Waals surface area contributed by atoms with Crippen LogP contribution in [-0.2, 0) is 18.2 Å². The van der Waals surface area contributed by atoms with Gasteiger partial charge in [0.2, 0.25) is 0 Å². The van der Waals surface area contributed by atoms with Crippen LogP contribution in [0.2, 0.25) is 0 Å². The number of aldehydes is 1. The van der Waals surface area contributed by atoms with E-state index in [1.165, 1.54) is 29.6 Å². The van der Waals surface area contributed by atoms with E-state index in [9.17, 15) is 22.4 Å². The van der Waals surface area contributed by atoms with Crippen LogP contribution in [0, 0.1) is 11.2 Å². The first-order valence-electron chi connectivity index (χ1n) is 9.16. The maximum atomic E-state index is 13.7. The Morgan fingerprint density at radius 2 is 2.21 bits per heavy atom. The standard InChI is InChI=1S/C18H18F4N8O2S/c1-29(7-11(24)14(4-23)32-18(20,21)22)26-5-9-13(8-31)30(2)17-16(9)33-15(27-17)3-12-10(19)6-25-28-12/h4-6,8,24H,3,7,23H2,1-2H3,(H,25,28)/b14-4+,24-11?,26-5-. The molecule has 33 heavy (non-hydrogen) atoms. The molecule has 0 aliphatic rings. The van der Waals surface area contributed by atoms with Crippen molar-refractivity contribution in [2.45, 2.75) is 12.8 Å². The molecule has 0 radical (unpaired) electrons. The highest BCUT2D eigenvalue weighted by atomic mass is 32.1. The fourth-order valence-electron chi connectivity index (χ4n) is 2.91. The summed E-state index contributed by atoms with van der Waals surface area (Å²) in [7, 11) is 3.06. The zero-order chi connectivity index (χ0) is 24.3. The van der Waals surface area contributed by atoms with Gasteiger partial charge in [-0.3, -0.25) is 20.3 Å². The zero-order valence-electron chi connectivity index (χ0n) is 17.3. The Kier molecular flexibility index (Phi) is 6.81. The molecule has 0 saturated carbocycles. The first kappa shape index (κ1) is 23.9. The molecule has 0 spiro atoms. The molecule has 0 atom stereocenters. The van der Waals surface area contributed by atoms with Gasteiger partial charge in [-0.1, -0.05) is 0 Å². The number of rotatable bonds is 9. The molecule has 4 N–H and O–H groups in total. The number of ether oxygens (including phenoxy) is 1. The Labute approximate surface area is 187 Å². The summed E-state index contributed by atoms with van der Waals surface area (Å²) in [4.78, 5) is 16.1. The third-order valence-electron chi connectivity index (χ3n) is 4.40. The van der Waals surface area contributed by atoms with E-state index in [1.54, 1.807) is 11.6 Å². The molecule has 0 aliphatic heterocycles. The molecule has 3 aromatic rings. The molecule has 0 aliphatic carbocycles. The van der Waals surface area contributed by atoms with Gasteiger partial charge in [-0.25, -0.2) is 9.37 Å². The predicted molar refractivity (Wildman–Crippen MR) is 113 cm³/mol. The monoisotopic (exact) mass is 486 g/mol. The molecule has 0 fully saturated rings. The van der Waals surface area contributed by atoms with Crippen LogP contribution >= 0.6 is 11.3 Å². The van der Waals surface area contributed by atoms with E-state index in [0.29, 0.717) is 33.4 Å². The first-order valence-corrected chi connectivity index (χ1v) is 9.97. The lowest BCUT2D eigenvalue weighted by Crippen LogP contribution is -2.26. The summed E-state index contributed by atoms with van der Waals surface area (Å²) in [5, 5.41) is 19.9. The summed E-state index contributed by atoms with van der Waals surface area (Å²) < 4.78 is 56.8. The van der Waals surface area contributed by atoms with E-state index in [1.807, 2.05) is 0 Å². The summed E-state index contributed by atoms with van der Waals surface area (Å²) >= 11 is 1.23. The van der Waals surface area contributed by atoms with Crippen LogP contribution in [0.1, 0.15) is 26.8 Å². The average molecular weight is 486 g/mol. The second kappa shape index (κ2) is 9.40. The number of fused-ring (bicyclic) bond motifs is 1. The number of carbonyl (C=O) groups excluding carboxylic acids is 1. The van der Waals surface area contributed by atoms with E-state index >= 15 is 0 Å². The topological polar surface area (TPSA) is 138 Å². The highest BCUT2D eigenvalue weighted by molar-refractivity contribution is 7.19. The highest BCUT2D eigenvalue weighted by Gasteiger charge is 2.33. The molecule has 3 aromatic heterocycles. The Balaban J connectivity index is 1.82. The van der Waals surface area contributed by atoms with Crippen LogP contribution in [0.3, 0.4) is 0 Å². The van der Waals surface area contributed by atoms with Gasteiger partial charge in [-0.15, -0.1) is 24.5 Å². The molecule has 10 nitrogen and oxygen atoms in total. The van der Waals surface area contributed by atoms with Gasteiger partial charge < -0.3 is 15.0 Å². The summed E-state index contributed by atoms with van der Waals surface area (Å²) in [6.07, 6.45) is -1.21. The number of aromatic nitrogens is 4. The van der Waals surface area contributed by atoms with Gasteiger partial charge in [-0.05, 0) is 0 Å². The van der Waals surface area contributed by atoms with Gasteiger partial charge in [0.25, 0.3) is 0 Å². The number of hydrogen-bond acceptors (Lipinski definition) is 9. The number of carbonyl (C=O) groups is 1. The van der Waals surface area contributed by atoms with Crippen molar-refractivity contribution >= 4 is 39.9 Å². The Morgan fingerprint density at radius 3 is 2.79 bits per heavy atom. The van der Waals surface area contributed by atoms with Crippen molar-refractivity contribution < 1.29 is 27.1 Å². The van der Waals surface area contributed by atoms with E-state index in [0.717, 1.165) is 6.20 Å². The predicted octanol–water partition coefficient (Wildman–Crippen LogP) is 2.52. The molecular formula is C18H18F4N8O2S. The number of hydrazone groups is 1. The lowest BCUT2D eigenvalue weighted by atomic mass is 10.3. The van der Waals surface area contributed by atoms with E-state index < -0.39 is 23.7 Å². The van der Waals surface area contributed by atoms with Crippen LogP contribution < -0.4 is 5.73 Å². The number of aryl methyl sites for hydroxylation is 1. The fourth-order valence-corrected chi connectivity index (χ4v) is 4.03. The number of nitrogens with zero attached hydrogens (tertiary/aromatic N) is 5. The number of thiazole rings is 1. The smallest absolute Gasteiger partial charge is 0.402 e. The molecule has 0 bridgehead atoms. The Bertz CT molecular complexity index is 1240. The number of aromatic amines is 1. The van der Waals surface area contributed by atoms with Crippen molar-refractivity contribution in [1.29, 1.82) is 5.41 Å². The minimum Gasteiger partial charge on any atom is -0.402 e. The van der Waals surface area contributed by atoms with Crippen LogP contribution in [0.25, 0.3) is 10.3 Å². The molecule has 0 aromatic carbocycles. The summed E-state index contributed by atoms with van der Waals surface area (Å²) in [6, 6.07) is 0. The van der Waals surface area contributed by atoms with Gasteiger partial charge >= 0.3 is 6.36 Å². The van der Waals surface area contributed by atoms with Crippen LogP contribution in [0.5, 0.6) is 0 Å². The molecule has 15 heteroatoms. The number of H-pyrrole nitrogens is 1. The minimum atomic E-state index is -4.99. The second-order valence-electron chi connectivity index (χ2n) is 6.71. The molecule has 0 saturated heterocycles. The summed E-state index contributed by atoms with van der Waals surface area (Å²) in [5.41, 5.74) is 5.95. The van der Waals surface area contributed by atoms with E-state index in [-0.39, 0.29) is 24.4 Å². The van der Waals surface area contributed by atoms with Crippen LogP contribution in [-0.4, -0.2) is 62.9 Å². The summed E-state index contributed by atoms with van der Waals surface area (Å²) in [6.45, 7) is -0.353. The van der Waals surface area contributed by atoms with Crippen molar-refractivity contribution in [2.24, 2.45) is 17.9 Å². The Hall–Kier alpha value is -3.75. The summed E-state index contributed by atoms with van der Waals surface area (Å²) in [5.74, 6) is -1.34. The molecule has 176 valence electrons. The van der Waals surface area contributed by atoms with E-state index in [2.05, 4.69) is 25.0 Å². The highest BCUT2D eigenvalue weighted by Crippen LogP contribution is 2.30. The van der Waals surface area contributed by atoms with Crippen molar-refractivity contribution in [1.82, 2.24) is 24.8 Å². The quantitative estimate of drug-likeness (QED) is 0.140. The fraction of sp³-hybridized carbons (Fsp3) is 0.278. The van der Waals surface area contributed by atoms with Gasteiger partial charge in [0, 0.05) is 32.3 Å². The third kappa shape index (κ3) is 5.36. The van der Waals surface area contributed by atoms with Crippen molar-refractivity contribution in [3.8, 4) is 0 Å². The number of nitrogens with two attached hydrogens (primary N) is 1. The van der Waals surface area contributed by atoms with Crippen LogP contribution in [0.4, 0.5) is 17.6 Å². The van der Waals surface area contributed by atoms with Crippen molar-refractivity contribution in [3.05, 3.63) is 45.9 Å². The first-order chi connectivity index (χ1) is 15.5. The van der Waals surface area contributed by atoms with E-state index in [4.69, 9.17) is 11.1 Å². The van der Waals surface area contributed by atoms with Gasteiger partial charge in [0.05, 0.1) is 35.1 Å². The number of nitrogens with one attached hydrogen (secondary N) is 2. The third-order valence-corrected chi connectivity index (χ3v) is 5.47. The van der Waals surface area contributed by atoms with Gasteiger partial charge in [-0.2, -0.15) is 10.2 Å². The molecule has 0 unspecified atom stereocenters. The lowest BCUT2D eigenvalue weighted by Gasteiger charge is -2.16. The largest absolute Gasteiger partial charge is 0.573 e. The Morgan fingerprint density at radius 1 is 1.48 bits per heavy atom. The minimum absolute atomic E-state index is 0.145. The molecule has 3 rings (SSSR count). The maximum absolute atomic E-state index is 13.7. The van der Waals surface area contributed by atoms with Crippen LogP contribution in [0.15, 0.2) is 23.3 Å². The lowest BCUT2D eigenvalue weighted by molar-refractivity contribution is -0.302. The zero-order valence-corrected chi connectivity index (χ0v) is 18.1. The maximum Gasteiger partial charge on any atom is 0.573 e. The second-order valence-corrected chi connectivity index (χ2v) is 7.79. The number of alkyl halides is 3.